The fourth-order valence-electron chi connectivity index (χ4n) is 2.12. The predicted molar refractivity (Wildman–Crippen MR) is 83.8 cm³/mol. The van der Waals surface area contributed by atoms with Crippen LogP contribution in [-0.2, 0) is 0 Å². The Morgan fingerprint density at radius 2 is 1.47 bits per heavy atom. The van der Waals surface area contributed by atoms with Crippen molar-refractivity contribution in [1.82, 2.24) is 5.43 Å². The summed E-state index contributed by atoms with van der Waals surface area (Å²) in [6.45, 7) is 13.6. The van der Waals surface area contributed by atoms with Crippen LogP contribution in [0.25, 0.3) is 0 Å². The summed E-state index contributed by atoms with van der Waals surface area (Å²) in [5.74, 6) is 6.93. The van der Waals surface area contributed by atoms with Crippen LogP contribution in [0.4, 0.5) is 0 Å². The lowest BCUT2D eigenvalue weighted by molar-refractivity contribution is 0.223. The first-order chi connectivity index (χ1) is 8.75. The van der Waals surface area contributed by atoms with Gasteiger partial charge < -0.3 is 0 Å². The van der Waals surface area contributed by atoms with E-state index in [0.29, 0.717) is 17.3 Å². The minimum atomic E-state index is 0.232. The van der Waals surface area contributed by atoms with E-state index in [4.69, 9.17) is 5.84 Å². The Labute approximate surface area is 118 Å². The van der Waals surface area contributed by atoms with Gasteiger partial charge in [-0.3, -0.25) is 11.3 Å². The van der Waals surface area contributed by atoms with Crippen molar-refractivity contribution < 1.29 is 0 Å². The monoisotopic (exact) mass is 262 g/mol. The molecule has 0 aliphatic rings. The molecule has 0 fully saturated rings. The first kappa shape index (κ1) is 16.2. The molecule has 2 nitrogen and oxygen atoms in total. The van der Waals surface area contributed by atoms with Crippen LogP contribution >= 0.6 is 0 Å². The molecule has 0 radical (unpaired) electrons. The van der Waals surface area contributed by atoms with Gasteiger partial charge in [0.1, 0.15) is 0 Å². The summed E-state index contributed by atoms with van der Waals surface area (Å²) in [7, 11) is 0. The van der Waals surface area contributed by atoms with Crippen molar-refractivity contribution in [3.8, 4) is 0 Å². The third-order valence-corrected chi connectivity index (χ3v) is 4.27. The van der Waals surface area contributed by atoms with Crippen molar-refractivity contribution in [2.24, 2.45) is 17.2 Å². The van der Waals surface area contributed by atoms with Crippen molar-refractivity contribution in [2.45, 2.75) is 59.9 Å². The van der Waals surface area contributed by atoms with Gasteiger partial charge in [0.2, 0.25) is 0 Å². The van der Waals surface area contributed by atoms with E-state index < -0.39 is 0 Å². The molecule has 1 aromatic rings. The lowest BCUT2D eigenvalue weighted by Gasteiger charge is -2.30. The normalized spacial score (nSPS) is 15.6. The van der Waals surface area contributed by atoms with E-state index in [9.17, 15) is 0 Å². The summed E-state index contributed by atoms with van der Waals surface area (Å²) in [5, 5.41) is 0. The van der Waals surface area contributed by atoms with Crippen molar-refractivity contribution in [1.29, 1.82) is 0 Å². The molecule has 108 valence electrons. The standard InChI is InChI=1S/C17H30N2/c1-12(2)14-7-9-15(10-8-14)16(19-18)11-13(3)17(4,5)6/h7-10,12-13,16,19H,11,18H2,1-6H3. The van der Waals surface area contributed by atoms with Gasteiger partial charge in [0.15, 0.2) is 0 Å². The number of hydrogen-bond donors (Lipinski definition) is 2. The molecule has 0 bridgehead atoms. The molecule has 1 aromatic carbocycles. The van der Waals surface area contributed by atoms with Crippen LogP contribution in [0.2, 0.25) is 0 Å². The van der Waals surface area contributed by atoms with Gasteiger partial charge in [-0.15, -0.1) is 0 Å². The Bertz CT molecular complexity index is 373. The second kappa shape index (κ2) is 6.53. The van der Waals surface area contributed by atoms with Crippen molar-refractivity contribution >= 4 is 0 Å². The van der Waals surface area contributed by atoms with Gasteiger partial charge in [-0.05, 0) is 34.8 Å². The van der Waals surface area contributed by atoms with Crippen LogP contribution < -0.4 is 11.3 Å². The van der Waals surface area contributed by atoms with Crippen molar-refractivity contribution in [2.75, 3.05) is 0 Å². The predicted octanol–water partition coefficient (Wildman–Crippen LogP) is 4.39. The SMILES string of the molecule is CC(C)c1ccc(C(CC(C)C(C)(C)C)NN)cc1. The largest absolute Gasteiger partial charge is 0.271 e. The minimum absolute atomic E-state index is 0.232. The first-order valence-corrected chi connectivity index (χ1v) is 7.31. The van der Waals surface area contributed by atoms with Crippen LogP contribution in [0.3, 0.4) is 0 Å². The summed E-state index contributed by atoms with van der Waals surface area (Å²) >= 11 is 0. The number of nitrogens with two attached hydrogens (primary N) is 1. The Hall–Kier alpha value is -0.860. The molecule has 2 atom stereocenters. The molecule has 2 unspecified atom stereocenters. The van der Waals surface area contributed by atoms with Crippen LogP contribution in [0.5, 0.6) is 0 Å². The van der Waals surface area contributed by atoms with Crippen LogP contribution in [-0.4, -0.2) is 0 Å². The zero-order valence-electron chi connectivity index (χ0n) is 13.3. The Morgan fingerprint density at radius 3 is 1.84 bits per heavy atom. The van der Waals surface area contributed by atoms with Crippen molar-refractivity contribution in [3.05, 3.63) is 35.4 Å². The van der Waals surface area contributed by atoms with E-state index in [-0.39, 0.29) is 6.04 Å². The summed E-state index contributed by atoms with van der Waals surface area (Å²) in [5.41, 5.74) is 5.94. The molecule has 0 spiro atoms. The summed E-state index contributed by atoms with van der Waals surface area (Å²) in [6.07, 6.45) is 1.06. The molecule has 0 heterocycles. The quantitative estimate of drug-likeness (QED) is 0.610. The third kappa shape index (κ3) is 4.63. The van der Waals surface area contributed by atoms with Crippen molar-refractivity contribution in [3.63, 3.8) is 0 Å². The molecule has 0 aliphatic carbocycles. The van der Waals surface area contributed by atoms with E-state index in [1.165, 1.54) is 11.1 Å². The molecule has 0 aliphatic heterocycles. The Morgan fingerprint density at radius 1 is 1.00 bits per heavy atom. The van der Waals surface area contributed by atoms with Gasteiger partial charge in [0.25, 0.3) is 0 Å². The lowest BCUT2D eigenvalue weighted by Crippen LogP contribution is -2.31. The van der Waals surface area contributed by atoms with E-state index >= 15 is 0 Å². The maximum absolute atomic E-state index is 5.74. The fraction of sp³-hybridized carbons (Fsp3) is 0.647. The highest BCUT2D eigenvalue weighted by molar-refractivity contribution is 5.26. The van der Waals surface area contributed by atoms with E-state index in [2.05, 4.69) is 71.2 Å². The fourth-order valence-corrected chi connectivity index (χ4v) is 2.12. The van der Waals surface area contributed by atoms with E-state index in [0.717, 1.165) is 6.42 Å². The molecular weight excluding hydrogens is 232 g/mol. The molecular formula is C17H30N2. The van der Waals surface area contributed by atoms with E-state index in [1.807, 2.05) is 0 Å². The van der Waals surface area contributed by atoms with Crippen LogP contribution in [0.15, 0.2) is 24.3 Å². The summed E-state index contributed by atoms with van der Waals surface area (Å²) in [4.78, 5) is 0. The number of hydrazine groups is 1. The maximum atomic E-state index is 5.74. The minimum Gasteiger partial charge on any atom is -0.271 e. The average Bonchev–Trinajstić information content (AvgIpc) is 2.34. The second-order valence-electron chi connectivity index (χ2n) is 7.04. The van der Waals surface area contributed by atoms with E-state index in [1.54, 1.807) is 0 Å². The molecule has 1 rings (SSSR count). The molecule has 19 heavy (non-hydrogen) atoms. The number of benzene rings is 1. The van der Waals surface area contributed by atoms with Gasteiger partial charge in [0, 0.05) is 6.04 Å². The van der Waals surface area contributed by atoms with Crippen LogP contribution in [0.1, 0.15) is 71.0 Å². The van der Waals surface area contributed by atoms with Gasteiger partial charge in [-0.2, -0.15) is 0 Å². The van der Waals surface area contributed by atoms with Gasteiger partial charge in [0.05, 0.1) is 0 Å². The van der Waals surface area contributed by atoms with Gasteiger partial charge in [-0.25, -0.2) is 0 Å². The number of nitrogens with one attached hydrogen (secondary N) is 1. The third-order valence-electron chi connectivity index (χ3n) is 4.27. The smallest absolute Gasteiger partial charge is 0.0462 e. The Kier molecular flexibility index (Phi) is 5.57. The summed E-state index contributed by atoms with van der Waals surface area (Å²) in [6, 6.07) is 9.07. The van der Waals surface area contributed by atoms with Gasteiger partial charge in [-0.1, -0.05) is 65.8 Å². The molecule has 0 aromatic heterocycles. The molecule has 0 saturated heterocycles. The number of hydrogen-bond acceptors (Lipinski definition) is 2. The average molecular weight is 262 g/mol. The zero-order valence-corrected chi connectivity index (χ0v) is 13.3. The molecule has 0 saturated carbocycles. The topological polar surface area (TPSA) is 38.0 Å². The maximum Gasteiger partial charge on any atom is 0.0462 e. The first-order valence-electron chi connectivity index (χ1n) is 7.31. The Balaban J connectivity index is 2.80. The van der Waals surface area contributed by atoms with Gasteiger partial charge >= 0.3 is 0 Å². The highest BCUT2D eigenvalue weighted by Gasteiger charge is 2.23. The second-order valence-corrected chi connectivity index (χ2v) is 7.04. The molecule has 0 amide bonds. The number of rotatable bonds is 5. The molecule has 3 N–H and O–H groups in total. The lowest BCUT2D eigenvalue weighted by atomic mass is 9.77. The highest BCUT2D eigenvalue weighted by Crippen LogP contribution is 2.33. The summed E-state index contributed by atoms with van der Waals surface area (Å²) < 4.78 is 0. The van der Waals surface area contributed by atoms with Crippen LogP contribution in [0, 0.1) is 11.3 Å². The molecule has 2 heteroatoms. The zero-order chi connectivity index (χ0) is 14.6. The highest BCUT2D eigenvalue weighted by atomic mass is 15.2.